The highest BCUT2D eigenvalue weighted by molar-refractivity contribution is 5.72. The van der Waals surface area contributed by atoms with Gasteiger partial charge in [0.1, 0.15) is 0 Å². The SMILES string of the molecule is COCC(C(=O)O)n1cnc(C)c1C. The zero-order valence-corrected chi connectivity index (χ0v) is 8.52. The van der Waals surface area contributed by atoms with Crippen molar-refractivity contribution in [3.63, 3.8) is 0 Å². The molecule has 1 rings (SSSR count). The fourth-order valence-electron chi connectivity index (χ4n) is 1.26. The second kappa shape index (κ2) is 4.23. The molecule has 1 aromatic rings. The average Bonchev–Trinajstić information content (AvgIpc) is 2.44. The molecule has 0 radical (unpaired) electrons. The minimum atomic E-state index is -0.910. The number of ether oxygens (including phenoxy) is 1. The Morgan fingerprint density at radius 2 is 2.36 bits per heavy atom. The lowest BCUT2D eigenvalue weighted by molar-refractivity contribution is -0.142. The zero-order valence-electron chi connectivity index (χ0n) is 8.52. The van der Waals surface area contributed by atoms with Crippen LogP contribution in [0.25, 0.3) is 0 Å². The highest BCUT2D eigenvalue weighted by Gasteiger charge is 2.21. The largest absolute Gasteiger partial charge is 0.480 e. The van der Waals surface area contributed by atoms with E-state index in [1.165, 1.54) is 13.4 Å². The predicted molar refractivity (Wildman–Crippen MR) is 50.2 cm³/mol. The van der Waals surface area contributed by atoms with Crippen LogP contribution in [0.1, 0.15) is 17.4 Å². The van der Waals surface area contributed by atoms with Gasteiger partial charge in [-0.05, 0) is 13.8 Å². The second-order valence-corrected chi connectivity index (χ2v) is 3.13. The molecule has 78 valence electrons. The Labute approximate surface area is 82.3 Å². The van der Waals surface area contributed by atoms with Crippen LogP contribution in [-0.4, -0.2) is 34.3 Å². The highest BCUT2D eigenvalue weighted by atomic mass is 16.5. The van der Waals surface area contributed by atoms with E-state index in [0.29, 0.717) is 0 Å². The molecule has 0 aromatic carbocycles. The van der Waals surface area contributed by atoms with Gasteiger partial charge < -0.3 is 14.4 Å². The molecule has 1 atom stereocenters. The molecule has 14 heavy (non-hydrogen) atoms. The van der Waals surface area contributed by atoms with Gasteiger partial charge in [-0.25, -0.2) is 9.78 Å². The Hall–Kier alpha value is -1.36. The van der Waals surface area contributed by atoms with E-state index in [2.05, 4.69) is 4.98 Å². The van der Waals surface area contributed by atoms with Crippen LogP contribution in [0, 0.1) is 13.8 Å². The lowest BCUT2D eigenvalue weighted by atomic mass is 10.3. The van der Waals surface area contributed by atoms with Gasteiger partial charge in [0.25, 0.3) is 0 Å². The summed E-state index contributed by atoms with van der Waals surface area (Å²) >= 11 is 0. The molecule has 0 spiro atoms. The third-order valence-corrected chi connectivity index (χ3v) is 2.23. The molecular formula is C9H14N2O3. The van der Waals surface area contributed by atoms with Crippen LogP contribution >= 0.6 is 0 Å². The molecule has 0 fully saturated rings. The number of hydrogen-bond donors (Lipinski definition) is 1. The van der Waals surface area contributed by atoms with Gasteiger partial charge in [-0.1, -0.05) is 0 Å². The average molecular weight is 198 g/mol. The van der Waals surface area contributed by atoms with Crippen LogP contribution in [0.2, 0.25) is 0 Å². The standard InChI is InChI=1S/C9H14N2O3/c1-6-7(2)11(5-10-6)8(4-14-3)9(12)13/h5,8H,4H2,1-3H3,(H,12,13). The van der Waals surface area contributed by atoms with E-state index in [4.69, 9.17) is 9.84 Å². The topological polar surface area (TPSA) is 64.3 Å². The lowest BCUT2D eigenvalue weighted by Gasteiger charge is -2.14. The smallest absolute Gasteiger partial charge is 0.329 e. The molecule has 5 nitrogen and oxygen atoms in total. The van der Waals surface area contributed by atoms with Crippen molar-refractivity contribution in [1.29, 1.82) is 0 Å². The number of rotatable bonds is 4. The van der Waals surface area contributed by atoms with Crippen molar-refractivity contribution in [3.8, 4) is 0 Å². The van der Waals surface area contributed by atoms with Crippen LogP contribution in [-0.2, 0) is 9.53 Å². The van der Waals surface area contributed by atoms with E-state index in [9.17, 15) is 4.79 Å². The monoisotopic (exact) mass is 198 g/mol. The molecule has 0 aliphatic heterocycles. The predicted octanol–water partition coefficient (Wildman–Crippen LogP) is 0.772. The third-order valence-electron chi connectivity index (χ3n) is 2.23. The van der Waals surface area contributed by atoms with Crippen LogP contribution in [0.15, 0.2) is 6.33 Å². The van der Waals surface area contributed by atoms with Crippen LogP contribution in [0.4, 0.5) is 0 Å². The zero-order chi connectivity index (χ0) is 10.7. The van der Waals surface area contributed by atoms with Crippen molar-refractivity contribution < 1.29 is 14.6 Å². The first-order chi connectivity index (χ1) is 6.57. The summed E-state index contributed by atoms with van der Waals surface area (Å²) in [5.41, 5.74) is 1.70. The number of carboxylic acid groups (broad SMARTS) is 1. The summed E-state index contributed by atoms with van der Waals surface area (Å²) in [7, 11) is 1.48. The van der Waals surface area contributed by atoms with E-state index in [1.54, 1.807) is 4.57 Å². The normalized spacial score (nSPS) is 12.8. The minimum absolute atomic E-state index is 0.145. The number of hydrogen-bond acceptors (Lipinski definition) is 3. The van der Waals surface area contributed by atoms with Crippen LogP contribution < -0.4 is 0 Å². The quantitative estimate of drug-likeness (QED) is 0.776. The van der Waals surface area contributed by atoms with Crippen molar-refractivity contribution in [2.45, 2.75) is 19.9 Å². The maximum atomic E-state index is 10.9. The summed E-state index contributed by atoms with van der Waals surface area (Å²) in [5, 5.41) is 8.96. The molecule has 1 heterocycles. The van der Waals surface area contributed by atoms with Crippen molar-refractivity contribution in [2.24, 2.45) is 0 Å². The number of aryl methyl sites for hydroxylation is 1. The molecule has 0 saturated carbocycles. The summed E-state index contributed by atoms with van der Waals surface area (Å²) in [6.45, 7) is 3.83. The molecule has 0 saturated heterocycles. The lowest BCUT2D eigenvalue weighted by Crippen LogP contribution is -2.23. The van der Waals surface area contributed by atoms with Crippen molar-refractivity contribution in [3.05, 3.63) is 17.7 Å². The molecule has 0 amide bonds. The summed E-state index contributed by atoms with van der Waals surface area (Å²) in [5.74, 6) is -0.910. The Kier molecular flexibility index (Phi) is 3.24. The number of aliphatic carboxylic acids is 1. The van der Waals surface area contributed by atoms with Crippen molar-refractivity contribution in [1.82, 2.24) is 9.55 Å². The van der Waals surface area contributed by atoms with Gasteiger partial charge in [-0.2, -0.15) is 0 Å². The van der Waals surface area contributed by atoms with Gasteiger partial charge in [-0.3, -0.25) is 0 Å². The number of carboxylic acids is 1. The van der Waals surface area contributed by atoms with E-state index in [1.807, 2.05) is 13.8 Å². The maximum absolute atomic E-state index is 10.9. The highest BCUT2D eigenvalue weighted by Crippen LogP contribution is 2.13. The number of aromatic nitrogens is 2. The summed E-state index contributed by atoms with van der Waals surface area (Å²) in [6, 6.07) is -0.693. The summed E-state index contributed by atoms with van der Waals surface area (Å²) in [6.07, 6.45) is 1.53. The van der Waals surface area contributed by atoms with E-state index < -0.39 is 12.0 Å². The number of imidazole rings is 1. The second-order valence-electron chi connectivity index (χ2n) is 3.13. The van der Waals surface area contributed by atoms with Gasteiger partial charge in [0.05, 0.1) is 18.6 Å². The van der Waals surface area contributed by atoms with Gasteiger partial charge >= 0.3 is 5.97 Å². The summed E-state index contributed by atoms with van der Waals surface area (Å²) in [4.78, 5) is 15.0. The van der Waals surface area contributed by atoms with E-state index in [0.717, 1.165) is 11.4 Å². The molecule has 5 heteroatoms. The first-order valence-electron chi connectivity index (χ1n) is 4.29. The molecular weight excluding hydrogens is 184 g/mol. The summed E-state index contributed by atoms with van der Waals surface area (Å²) < 4.78 is 6.47. The molecule has 0 aliphatic rings. The van der Waals surface area contributed by atoms with Gasteiger partial charge in [0.2, 0.25) is 0 Å². The fraction of sp³-hybridized carbons (Fsp3) is 0.556. The van der Waals surface area contributed by atoms with Crippen molar-refractivity contribution >= 4 is 5.97 Å². The van der Waals surface area contributed by atoms with Crippen molar-refractivity contribution in [2.75, 3.05) is 13.7 Å². The Morgan fingerprint density at radius 3 is 2.71 bits per heavy atom. The van der Waals surface area contributed by atoms with Gasteiger partial charge in [0.15, 0.2) is 6.04 Å². The molecule has 1 N–H and O–H groups in total. The number of nitrogens with zero attached hydrogens (tertiary/aromatic N) is 2. The number of methoxy groups -OCH3 is 1. The molecule has 1 unspecified atom stereocenters. The van der Waals surface area contributed by atoms with Crippen LogP contribution in [0.3, 0.4) is 0 Å². The van der Waals surface area contributed by atoms with E-state index in [-0.39, 0.29) is 6.61 Å². The molecule has 0 aliphatic carbocycles. The van der Waals surface area contributed by atoms with Gasteiger partial charge in [0, 0.05) is 12.8 Å². The molecule has 1 aromatic heterocycles. The first-order valence-corrected chi connectivity index (χ1v) is 4.29. The Balaban J connectivity index is 2.99. The first kappa shape index (κ1) is 10.7. The molecule has 0 bridgehead atoms. The fourth-order valence-corrected chi connectivity index (χ4v) is 1.26. The minimum Gasteiger partial charge on any atom is -0.480 e. The Bertz CT molecular complexity index is 333. The van der Waals surface area contributed by atoms with Crippen LogP contribution in [0.5, 0.6) is 0 Å². The third kappa shape index (κ3) is 1.93. The number of carbonyl (C=O) groups is 1. The maximum Gasteiger partial charge on any atom is 0.329 e. The van der Waals surface area contributed by atoms with Gasteiger partial charge in [-0.15, -0.1) is 0 Å². The Morgan fingerprint density at radius 1 is 1.71 bits per heavy atom. The van der Waals surface area contributed by atoms with E-state index >= 15 is 0 Å².